The first-order chi connectivity index (χ1) is 8.49. The minimum absolute atomic E-state index is 0.215. The van der Waals surface area contributed by atoms with E-state index in [9.17, 15) is 9.50 Å². The van der Waals surface area contributed by atoms with Gasteiger partial charge in [0.1, 0.15) is 5.82 Å². The van der Waals surface area contributed by atoms with Crippen LogP contribution in [0.1, 0.15) is 25.7 Å². The number of hydrogen-bond donors (Lipinski definition) is 1. The van der Waals surface area contributed by atoms with Crippen molar-refractivity contribution < 1.29 is 14.0 Å². The Morgan fingerprint density at radius 3 is 2.72 bits per heavy atom. The third-order valence-electron chi connectivity index (χ3n) is 2.73. The molecule has 1 N–H and O–H groups in total. The first-order valence-corrected chi connectivity index (χ1v) is 5.84. The number of benzene rings is 1. The molecule has 1 aromatic carbocycles. The molecule has 2 unspecified atom stereocenters. The maximum atomic E-state index is 12.9. The highest BCUT2D eigenvalue weighted by molar-refractivity contribution is 6.33. The molecule has 0 aliphatic rings. The fourth-order valence-electron chi connectivity index (χ4n) is 1.41. The number of nitrogens with zero attached hydrogens (tertiary/aromatic N) is 2. The van der Waals surface area contributed by atoms with Crippen molar-refractivity contribution in [2.45, 2.75) is 25.9 Å². The Bertz CT molecular complexity index is 557. The number of aliphatic hydroxyl groups excluding tert-OH is 1. The molecule has 2 aromatic rings. The number of rotatable bonds is 3. The van der Waals surface area contributed by atoms with Crippen LogP contribution in [-0.2, 0) is 0 Å². The van der Waals surface area contributed by atoms with Crippen molar-refractivity contribution >= 4 is 11.6 Å². The van der Waals surface area contributed by atoms with Gasteiger partial charge in [-0.3, -0.25) is 0 Å². The third kappa shape index (κ3) is 2.52. The van der Waals surface area contributed by atoms with Crippen LogP contribution in [-0.4, -0.2) is 21.4 Å². The molecule has 6 heteroatoms. The zero-order chi connectivity index (χ0) is 13.3. The molecular formula is C12H12ClFN2O2. The van der Waals surface area contributed by atoms with E-state index in [4.69, 9.17) is 16.1 Å². The summed E-state index contributed by atoms with van der Waals surface area (Å²) in [7, 11) is 0. The molecule has 4 nitrogen and oxygen atoms in total. The highest BCUT2D eigenvalue weighted by atomic mass is 35.5. The number of aromatic nitrogens is 2. The quantitative estimate of drug-likeness (QED) is 0.931. The first-order valence-electron chi connectivity index (χ1n) is 5.46. The lowest BCUT2D eigenvalue weighted by atomic mass is 10.1. The van der Waals surface area contributed by atoms with Gasteiger partial charge >= 0.3 is 0 Å². The lowest BCUT2D eigenvalue weighted by molar-refractivity contribution is 0.151. The summed E-state index contributed by atoms with van der Waals surface area (Å²) < 4.78 is 18.0. The van der Waals surface area contributed by atoms with Gasteiger partial charge in [-0.15, -0.1) is 0 Å². The fourth-order valence-corrected chi connectivity index (χ4v) is 1.66. The summed E-state index contributed by atoms with van der Waals surface area (Å²) in [4.78, 5) is 4.15. The predicted molar refractivity (Wildman–Crippen MR) is 64.8 cm³/mol. The van der Waals surface area contributed by atoms with Gasteiger partial charge in [0.25, 0.3) is 0 Å². The average Bonchev–Trinajstić information content (AvgIpc) is 2.77. The molecule has 2 rings (SSSR count). The minimum atomic E-state index is -0.595. The van der Waals surface area contributed by atoms with Gasteiger partial charge in [-0.1, -0.05) is 23.7 Å². The topological polar surface area (TPSA) is 59.2 Å². The second kappa shape index (κ2) is 5.04. The van der Waals surface area contributed by atoms with E-state index in [1.807, 2.05) is 0 Å². The number of halogens is 2. The smallest absolute Gasteiger partial charge is 0.232 e. The molecule has 2 atom stereocenters. The van der Waals surface area contributed by atoms with E-state index >= 15 is 0 Å². The maximum Gasteiger partial charge on any atom is 0.232 e. The summed E-state index contributed by atoms with van der Waals surface area (Å²) in [5.74, 6) is -0.0989. The molecule has 1 heterocycles. The maximum absolute atomic E-state index is 12.9. The lowest BCUT2D eigenvalue weighted by Gasteiger charge is -2.08. The van der Waals surface area contributed by atoms with Crippen LogP contribution in [0.2, 0.25) is 5.02 Å². The zero-order valence-electron chi connectivity index (χ0n) is 9.89. The number of aliphatic hydroxyl groups is 1. The van der Waals surface area contributed by atoms with Crippen LogP contribution >= 0.6 is 11.6 Å². The molecule has 0 bridgehead atoms. The monoisotopic (exact) mass is 270 g/mol. The Balaban J connectivity index is 2.35. The van der Waals surface area contributed by atoms with Gasteiger partial charge in [0, 0.05) is 5.56 Å². The highest BCUT2D eigenvalue weighted by Gasteiger charge is 2.20. The van der Waals surface area contributed by atoms with Crippen LogP contribution in [0.15, 0.2) is 22.7 Å². The summed E-state index contributed by atoms with van der Waals surface area (Å²) in [6.07, 6.45) is -0.595. The van der Waals surface area contributed by atoms with Gasteiger partial charge in [-0.2, -0.15) is 4.98 Å². The molecule has 0 radical (unpaired) electrons. The van der Waals surface area contributed by atoms with Crippen molar-refractivity contribution in [1.82, 2.24) is 10.1 Å². The van der Waals surface area contributed by atoms with Crippen molar-refractivity contribution in [2.24, 2.45) is 0 Å². The molecule has 96 valence electrons. The normalized spacial score (nSPS) is 14.5. The lowest BCUT2D eigenvalue weighted by Crippen LogP contribution is -2.11. The standard InChI is InChI=1S/C12H12ClFN2O2/c1-6(7(2)17)12-15-11(16-18-12)9-4-3-8(14)5-10(9)13/h3-7,17H,1-2H3. The Labute approximate surface area is 108 Å². The van der Waals surface area contributed by atoms with E-state index in [2.05, 4.69) is 10.1 Å². The van der Waals surface area contributed by atoms with E-state index in [1.54, 1.807) is 13.8 Å². The van der Waals surface area contributed by atoms with Crippen LogP contribution in [0.5, 0.6) is 0 Å². The second-order valence-corrected chi connectivity index (χ2v) is 4.52. The fraction of sp³-hybridized carbons (Fsp3) is 0.333. The van der Waals surface area contributed by atoms with Gasteiger partial charge < -0.3 is 9.63 Å². The van der Waals surface area contributed by atoms with Gasteiger partial charge in [0.15, 0.2) is 0 Å². The molecule has 0 saturated carbocycles. The summed E-state index contributed by atoms with van der Waals surface area (Å²) in [5, 5.41) is 13.4. The Kier molecular flexibility index (Phi) is 3.63. The zero-order valence-corrected chi connectivity index (χ0v) is 10.6. The average molecular weight is 271 g/mol. The molecule has 0 amide bonds. The molecule has 0 spiro atoms. The molecule has 1 aromatic heterocycles. The van der Waals surface area contributed by atoms with Crippen LogP contribution in [0.4, 0.5) is 4.39 Å². The summed E-state index contributed by atoms with van der Waals surface area (Å²) in [6.45, 7) is 3.41. The molecular weight excluding hydrogens is 259 g/mol. The van der Waals surface area contributed by atoms with E-state index < -0.39 is 11.9 Å². The van der Waals surface area contributed by atoms with Crippen molar-refractivity contribution in [2.75, 3.05) is 0 Å². The van der Waals surface area contributed by atoms with Gasteiger partial charge in [0.2, 0.25) is 11.7 Å². The number of hydrogen-bond acceptors (Lipinski definition) is 4. The van der Waals surface area contributed by atoms with E-state index in [0.29, 0.717) is 11.5 Å². The SMILES string of the molecule is CC(O)C(C)c1nc(-c2ccc(F)cc2Cl)no1. The largest absolute Gasteiger partial charge is 0.393 e. The molecule has 0 aliphatic carbocycles. The molecule has 0 aliphatic heterocycles. The van der Waals surface area contributed by atoms with Crippen LogP contribution < -0.4 is 0 Å². The van der Waals surface area contributed by atoms with Crippen molar-refractivity contribution in [3.8, 4) is 11.4 Å². The predicted octanol–water partition coefficient (Wildman–Crippen LogP) is 3.01. The van der Waals surface area contributed by atoms with Gasteiger partial charge in [-0.25, -0.2) is 4.39 Å². The van der Waals surface area contributed by atoms with Crippen molar-refractivity contribution in [3.05, 3.63) is 34.9 Å². The van der Waals surface area contributed by atoms with Crippen molar-refractivity contribution in [3.63, 3.8) is 0 Å². The Hall–Kier alpha value is -1.46. The van der Waals surface area contributed by atoms with Gasteiger partial charge in [0.05, 0.1) is 17.0 Å². The third-order valence-corrected chi connectivity index (χ3v) is 3.04. The highest BCUT2D eigenvalue weighted by Crippen LogP contribution is 2.28. The van der Waals surface area contributed by atoms with Crippen LogP contribution in [0.3, 0.4) is 0 Å². The second-order valence-electron chi connectivity index (χ2n) is 4.11. The van der Waals surface area contributed by atoms with Crippen molar-refractivity contribution in [1.29, 1.82) is 0 Å². The summed E-state index contributed by atoms with van der Waals surface area (Å²) in [6, 6.07) is 3.94. The molecule has 0 saturated heterocycles. The van der Waals surface area contributed by atoms with Crippen LogP contribution in [0, 0.1) is 5.82 Å². The first kappa shape index (κ1) is 13.0. The summed E-state index contributed by atoms with van der Waals surface area (Å²) in [5.41, 5.74) is 0.492. The Morgan fingerprint density at radius 2 is 2.11 bits per heavy atom. The summed E-state index contributed by atoms with van der Waals surface area (Å²) >= 11 is 5.90. The van der Waals surface area contributed by atoms with Gasteiger partial charge in [-0.05, 0) is 25.1 Å². The van der Waals surface area contributed by atoms with E-state index in [1.165, 1.54) is 18.2 Å². The molecule has 18 heavy (non-hydrogen) atoms. The van der Waals surface area contributed by atoms with E-state index in [0.717, 1.165) is 0 Å². The minimum Gasteiger partial charge on any atom is -0.393 e. The molecule has 0 fully saturated rings. The van der Waals surface area contributed by atoms with Crippen LogP contribution in [0.25, 0.3) is 11.4 Å². The van der Waals surface area contributed by atoms with E-state index in [-0.39, 0.29) is 16.8 Å². The Morgan fingerprint density at radius 1 is 1.39 bits per heavy atom.